The van der Waals surface area contributed by atoms with E-state index in [9.17, 15) is 9.59 Å². The zero-order chi connectivity index (χ0) is 14.7. The van der Waals surface area contributed by atoms with Crippen LogP contribution < -0.4 is 22.3 Å². The van der Waals surface area contributed by atoms with Gasteiger partial charge in [-0.3, -0.25) is 14.2 Å². The van der Waals surface area contributed by atoms with Crippen LogP contribution in [0, 0.1) is 0 Å². The lowest BCUT2D eigenvalue weighted by Crippen LogP contribution is -2.32. The first-order valence-corrected chi connectivity index (χ1v) is 5.94. The van der Waals surface area contributed by atoms with Crippen molar-refractivity contribution in [2.75, 3.05) is 18.5 Å². The van der Waals surface area contributed by atoms with Crippen molar-refractivity contribution in [3.63, 3.8) is 0 Å². The van der Waals surface area contributed by atoms with Crippen LogP contribution in [0.25, 0.3) is 11.3 Å². The fourth-order valence-electron chi connectivity index (χ4n) is 1.81. The molecule has 5 N–H and O–H groups in total. The number of benzene rings is 1. The van der Waals surface area contributed by atoms with E-state index < -0.39 is 5.56 Å². The van der Waals surface area contributed by atoms with Crippen LogP contribution in [0.1, 0.15) is 0 Å². The third kappa shape index (κ3) is 2.61. The van der Waals surface area contributed by atoms with Crippen LogP contribution in [0.4, 0.5) is 11.5 Å². The molecule has 0 spiro atoms. The first-order valence-electron chi connectivity index (χ1n) is 5.94. The zero-order valence-electron chi connectivity index (χ0n) is 11.0. The molecule has 0 bridgehead atoms. The van der Waals surface area contributed by atoms with Gasteiger partial charge >= 0.3 is 0 Å². The Bertz CT molecular complexity index is 708. The summed E-state index contributed by atoms with van der Waals surface area (Å²) in [5, 5.41) is 2.47. The lowest BCUT2D eigenvalue weighted by molar-refractivity contribution is -0.121. The second-order valence-electron chi connectivity index (χ2n) is 4.22. The molecule has 0 atom stereocenters. The molecule has 104 valence electrons. The van der Waals surface area contributed by atoms with E-state index in [-0.39, 0.29) is 18.3 Å². The number of hydrogen-bond donors (Lipinski definition) is 3. The van der Waals surface area contributed by atoms with Gasteiger partial charge in [0.1, 0.15) is 6.54 Å². The highest BCUT2D eigenvalue weighted by molar-refractivity contribution is 5.76. The van der Waals surface area contributed by atoms with E-state index in [1.54, 1.807) is 24.3 Å². The van der Waals surface area contributed by atoms with E-state index in [2.05, 4.69) is 10.3 Å². The zero-order valence-corrected chi connectivity index (χ0v) is 11.0. The highest BCUT2D eigenvalue weighted by atomic mass is 16.2. The lowest BCUT2D eigenvalue weighted by Gasteiger charge is -2.12. The summed E-state index contributed by atoms with van der Waals surface area (Å²) in [7, 11) is 1.50. The van der Waals surface area contributed by atoms with Crippen LogP contribution in [-0.4, -0.2) is 22.5 Å². The molecule has 7 heteroatoms. The van der Waals surface area contributed by atoms with Crippen molar-refractivity contribution in [3.8, 4) is 11.3 Å². The van der Waals surface area contributed by atoms with E-state index in [1.807, 2.05) is 0 Å². The van der Waals surface area contributed by atoms with Crippen molar-refractivity contribution in [1.29, 1.82) is 0 Å². The molecule has 0 aliphatic carbocycles. The minimum atomic E-state index is -0.506. The summed E-state index contributed by atoms with van der Waals surface area (Å²) in [5.74, 6) is -0.454. The van der Waals surface area contributed by atoms with E-state index >= 15 is 0 Å². The lowest BCUT2D eigenvalue weighted by atomic mass is 10.1. The van der Waals surface area contributed by atoms with Crippen LogP contribution >= 0.6 is 0 Å². The molecule has 0 radical (unpaired) electrons. The van der Waals surface area contributed by atoms with E-state index in [0.717, 1.165) is 0 Å². The fourth-order valence-corrected chi connectivity index (χ4v) is 1.81. The Morgan fingerprint density at radius 1 is 1.40 bits per heavy atom. The van der Waals surface area contributed by atoms with Gasteiger partial charge in [-0.05, 0) is 12.1 Å². The molecule has 0 saturated carbocycles. The summed E-state index contributed by atoms with van der Waals surface area (Å²) in [6.45, 7) is -0.133. The second-order valence-corrected chi connectivity index (χ2v) is 4.22. The molecule has 1 heterocycles. The third-order valence-electron chi connectivity index (χ3n) is 2.84. The molecule has 1 amide bonds. The van der Waals surface area contributed by atoms with Gasteiger partial charge in [-0.25, -0.2) is 4.98 Å². The first kappa shape index (κ1) is 13.6. The highest BCUT2D eigenvalue weighted by Crippen LogP contribution is 2.20. The number of nitrogens with zero attached hydrogens (tertiary/aromatic N) is 2. The van der Waals surface area contributed by atoms with Crippen molar-refractivity contribution in [2.24, 2.45) is 0 Å². The Balaban J connectivity index is 2.61. The minimum Gasteiger partial charge on any atom is -0.399 e. The molecule has 0 aliphatic rings. The van der Waals surface area contributed by atoms with E-state index in [4.69, 9.17) is 11.5 Å². The minimum absolute atomic E-state index is 0.133. The van der Waals surface area contributed by atoms with Gasteiger partial charge in [0.05, 0.1) is 11.9 Å². The van der Waals surface area contributed by atoms with E-state index in [0.29, 0.717) is 16.9 Å². The SMILES string of the molecule is CNC(=O)Cn1c(-c2cccc(N)c2)cnc(N)c1=O. The topological polar surface area (TPSA) is 116 Å². The van der Waals surface area contributed by atoms with Gasteiger partial charge in [0.25, 0.3) is 5.56 Å². The van der Waals surface area contributed by atoms with Gasteiger partial charge in [0.2, 0.25) is 5.91 Å². The maximum Gasteiger partial charge on any atom is 0.294 e. The van der Waals surface area contributed by atoms with Crippen LogP contribution in [0.5, 0.6) is 0 Å². The molecular formula is C13H15N5O2. The highest BCUT2D eigenvalue weighted by Gasteiger charge is 2.12. The summed E-state index contributed by atoms with van der Waals surface area (Å²) in [5.41, 5.74) is 12.5. The predicted octanol–water partition coefficient (Wildman–Crippen LogP) is -0.179. The van der Waals surface area contributed by atoms with Crippen LogP contribution in [0.15, 0.2) is 35.3 Å². The van der Waals surface area contributed by atoms with Crippen LogP contribution in [0.2, 0.25) is 0 Å². The maximum atomic E-state index is 12.1. The maximum absolute atomic E-state index is 12.1. The number of nitrogens with one attached hydrogen (secondary N) is 1. The number of nitrogens with two attached hydrogens (primary N) is 2. The van der Waals surface area contributed by atoms with Gasteiger partial charge in [0, 0.05) is 18.3 Å². The fraction of sp³-hybridized carbons (Fsp3) is 0.154. The normalized spacial score (nSPS) is 10.2. The van der Waals surface area contributed by atoms with Crippen molar-refractivity contribution < 1.29 is 4.79 Å². The van der Waals surface area contributed by atoms with Crippen LogP contribution in [0.3, 0.4) is 0 Å². The monoisotopic (exact) mass is 273 g/mol. The summed E-state index contributed by atoms with van der Waals surface area (Å²) < 4.78 is 1.27. The second kappa shape index (κ2) is 5.43. The number of nitrogen functional groups attached to an aromatic ring is 2. The smallest absolute Gasteiger partial charge is 0.294 e. The Hall–Kier alpha value is -2.83. The average molecular weight is 273 g/mol. The quantitative estimate of drug-likeness (QED) is 0.671. The van der Waals surface area contributed by atoms with Crippen LogP contribution in [-0.2, 0) is 11.3 Å². The Kier molecular flexibility index (Phi) is 3.69. The Labute approximate surface area is 115 Å². The summed E-state index contributed by atoms with van der Waals surface area (Å²) in [6.07, 6.45) is 1.45. The van der Waals surface area contributed by atoms with Crippen molar-refractivity contribution in [3.05, 3.63) is 40.8 Å². The Morgan fingerprint density at radius 2 is 2.15 bits per heavy atom. The number of carbonyl (C=O) groups excluding carboxylic acids is 1. The molecule has 0 saturated heterocycles. The molecule has 0 aliphatic heterocycles. The van der Waals surface area contributed by atoms with Gasteiger partial charge < -0.3 is 16.8 Å². The summed E-state index contributed by atoms with van der Waals surface area (Å²) >= 11 is 0. The predicted molar refractivity (Wildman–Crippen MR) is 76.8 cm³/mol. The number of hydrogen-bond acceptors (Lipinski definition) is 5. The molecule has 0 unspecified atom stereocenters. The molecule has 1 aromatic carbocycles. The van der Waals surface area contributed by atoms with E-state index in [1.165, 1.54) is 17.8 Å². The van der Waals surface area contributed by atoms with Gasteiger partial charge in [-0.2, -0.15) is 0 Å². The number of aromatic nitrogens is 2. The number of rotatable bonds is 3. The third-order valence-corrected chi connectivity index (χ3v) is 2.84. The molecular weight excluding hydrogens is 258 g/mol. The largest absolute Gasteiger partial charge is 0.399 e. The summed E-state index contributed by atoms with van der Waals surface area (Å²) in [4.78, 5) is 27.5. The first-order chi connectivity index (χ1) is 9.52. The van der Waals surface area contributed by atoms with Gasteiger partial charge in [-0.15, -0.1) is 0 Å². The van der Waals surface area contributed by atoms with Crippen molar-refractivity contribution in [1.82, 2.24) is 14.9 Å². The molecule has 2 aromatic rings. The number of likely N-dealkylation sites (N-methyl/N-ethyl adjacent to an activating group) is 1. The molecule has 0 fully saturated rings. The van der Waals surface area contributed by atoms with Crippen molar-refractivity contribution in [2.45, 2.75) is 6.54 Å². The molecule has 7 nitrogen and oxygen atoms in total. The average Bonchev–Trinajstić information content (AvgIpc) is 2.44. The molecule has 20 heavy (non-hydrogen) atoms. The number of carbonyl (C=O) groups is 1. The van der Waals surface area contributed by atoms with Gasteiger partial charge in [0.15, 0.2) is 5.82 Å². The van der Waals surface area contributed by atoms with Gasteiger partial charge in [-0.1, -0.05) is 12.1 Å². The summed E-state index contributed by atoms with van der Waals surface area (Å²) in [6, 6.07) is 6.97. The molecule has 1 aromatic heterocycles. The number of amides is 1. The standard InChI is InChI=1S/C13H15N5O2/c1-16-11(19)7-18-10(6-17-12(15)13(18)20)8-3-2-4-9(14)5-8/h2-6H,7,14H2,1H3,(H2,15,17)(H,16,19). The molecule has 2 rings (SSSR count). The van der Waals surface area contributed by atoms with Crippen molar-refractivity contribution >= 4 is 17.4 Å². The Morgan fingerprint density at radius 3 is 2.80 bits per heavy atom. The number of anilines is 2.